The fourth-order valence-corrected chi connectivity index (χ4v) is 6.11. The lowest BCUT2D eigenvalue weighted by molar-refractivity contribution is -0.128. The molecule has 0 bridgehead atoms. The van der Waals surface area contributed by atoms with Gasteiger partial charge < -0.3 is 10.6 Å². The summed E-state index contributed by atoms with van der Waals surface area (Å²) in [7, 11) is 0. The molecule has 4 aromatic rings. The SMILES string of the molecule is NC(=O)C1([C@@H]2[C@@H](CC(F)F)C(=O)N(c3ccc4c(cnn4-c4ccc(F)cc4)c3)[C@H]2c2ccccc2)CC1. The molecule has 2 amide bonds. The zero-order valence-electron chi connectivity index (χ0n) is 20.3. The van der Waals surface area contributed by atoms with Gasteiger partial charge in [-0.25, -0.2) is 17.9 Å². The van der Waals surface area contributed by atoms with Crippen LogP contribution in [0.4, 0.5) is 18.9 Å². The van der Waals surface area contributed by atoms with E-state index in [1.807, 2.05) is 30.3 Å². The topological polar surface area (TPSA) is 81.2 Å². The van der Waals surface area contributed by atoms with Crippen LogP contribution in [0.5, 0.6) is 0 Å². The maximum Gasteiger partial charge on any atom is 0.239 e. The van der Waals surface area contributed by atoms with Gasteiger partial charge in [0.05, 0.1) is 34.8 Å². The summed E-state index contributed by atoms with van der Waals surface area (Å²) >= 11 is 0. The Morgan fingerprint density at radius 3 is 2.34 bits per heavy atom. The predicted molar refractivity (Wildman–Crippen MR) is 136 cm³/mol. The summed E-state index contributed by atoms with van der Waals surface area (Å²) in [6, 6.07) is 19.8. The summed E-state index contributed by atoms with van der Waals surface area (Å²) in [6.07, 6.45) is -0.757. The van der Waals surface area contributed by atoms with Crippen LogP contribution in [-0.2, 0) is 9.59 Å². The summed E-state index contributed by atoms with van der Waals surface area (Å²) in [5.41, 5.74) is 7.52. The number of alkyl halides is 2. The van der Waals surface area contributed by atoms with Gasteiger partial charge in [0.2, 0.25) is 18.2 Å². The Balaban J connectivity index is 1.48. The van der Waals surface area contributed by atoms with E-state index in [1.54, 1.807) is 46.1 Å². The average molecular weight is 519 g/mol. The molecule has 1 aliphatic heterocycles. The van der Waals surface area contributed by atoms with Crippen LogP contribution in [0.25, 0.3) is 16.6 Å². The van der Waals surface area contributed by atoms with Crippen LogP contribution < -0.4 is 10.6 Å². The second kappa shape index (κ2) is 9.01. The highest BCUT2D eigenvalue weighted by Gasteiger charge is 2.65. The lowest BCUT2D eigenvalue weighted by atomic mass is 9.73. The second-order valence-electron chi connectivity index (χ2n) is 10.1. The van der Waals surface area contributed by atoms with Gasteiger partial charge in [-0.3, -0.25) is 9.59 Å². The van der Waals surface area contributed by atoms with E-state index in [0.717, 1.165) is 16.5 Å². The number of anilines is 1. The molecule has 2 N–H and O–H groups in total. The van der Waals surface area contributed by atoms with Gasteiger partial charge in [0.15, 0.2) is 0 Å². The third-order valence-electron chi connectivity index (χ3n) is 8.00. The van der Waals surface area contributed by atoms with Crippen molar-refractivity contribution >= 4 is 28.4 Å². The van der Waals surface area contributed by atoms with Crippen molar-refractivity contribution in [2.45, 2.75) is 31.7 Å². The number of halogens is 3. The normalized spacial score (nSPS) is 22.4. The molecule has 3 atom stereocenters. The number of fused-ring (bicyclic) bond motifs is 1. The number of aromatic nitrogens is 2. The Labute approximate surface area is 216 Å². The first-order valence-corrected chi connectivity index (χ1v) is 12.5. The number of hydrogen-bond acceptors (Lipinski definition) is 3. The minimum Gasteiger partial charge on any atom is -0.369 e. The maximum atomic E-state index is 13.9. The fraction of sp³-hybridized carbons (Fsp3) is 0.276. The molecule has 1 saturated heterocycles. The van der Waals surface area contributed by atoms with Crippen LogP contribution in [0.1, 0.15) is 30.9 Å². The van der Waals surface area contributed by atoms with Gasteiger partial charge in [-0.15, -0.1) is 0 Å². The fourth-order valence-electron chi connectivity index (χ4n) is 6.11. The molecule has 38 heavy (non-hydrogen) atoms. The molecule has 1 aromatic heterocycles. The lowest BCUT2D eigenvalue weighted by Gasteiger charge is -2.33. The van der Waals surface area contributed by atoms with Crippen LogP contribution in [-0.4, -0.2) is 28.0 Å². The molecule has 1 aliphatic carbocycles. The highest BCUT2D eigenvalue weighted by molar-refractivity contribution is 6.02. The standard InChI is InChI=1S/C29H25F3N4O2/c30-19-6-8-20(9-7-19)36-23-11-10-21(14-18(23)16-34-36)35-26(17-4-2-1-3-5-17)25(29(12-13-29)28(33)38)22(27(35)37)15-24(31)32/h1-11,14,16,22,24-26H,12-13,15H2,(H2,33,38)/t22-,25-,26+/m1/s1. The highest BCUT2D eigenvalue weighted by atomic mass is 19.3. The number of nitrogens with two attached hydrogens (primary N) is 1. The van der Waals surface area contributed by atoms with Crippen molar-refractivity contribution < 1.29 is 22.8 Å². The van der Waals surface area contributed by atoms with Crippen LogP contribution in [0, 0.1) is 23.1 Å². The smallest absolute Gasteiger partial charge is 0.239 e. The largest absolute Gasteiger partial charge is 0.369 e. The van der Waals surface area contributed by atoms with E-state index in [2.05, 4.69) is 5.10 Å². The van der Waals surface area contributed by atoms with Gasteiger partial charge in [0.25, 0.3) is 0 Å². The molecule has 6 rings (SSSR count). The number of benzene rings is 3. The first kappa shape index (κ1) is 24.2. The molecule has 2 heterocycles. The molecule has 6 nitrogen and oxygen atoms in total. The highest BCUT2D eigenvalue weighted by Crippen LogP contribution is 2.63. The monoisotopic (exact) mass is 518 g/mol. The minimum atomic E-state index is -2.71. The van der Waals surface area contributed by atoms with Crippen molar-refractivity contribution in [2.75, 3.05) is 4.90 Å². The van der Waals surface area contributed by atoms with Crippen molar-refractivity contribution in [2.24, 2.45) is 23.0 Å². The summed E-state index contributed by atoms with van der Waals surface area (Å²) in [4.78, 5) is 28.1. The van der Waals surface area contributed by atoms with Crippen LogP contribution >= 0.6 is 0 Å². The van der Waals surface area contributed by atoms with E-state index in [0.29, 0.717) is 24.2 Å². The van der Waals surface area contributed by atoms with Gasteiger partial charge >= 0.3 is 0 Å². The summed E-state index contributed by atoms with van der Waals surface area (Å²) in [5.74, 6) is -3.07. The van der Waals surface area contributed by atoms with Gasteiger partial charge in [0, 0.05) is 23.4 Å². The lowest BCUT2D eigenvalue weighted by Crippen LogP contribution is -2.38. The van der Waals surface area contributed by atoms with Crippen LogP contribution in [0.2, 0.25) is 0 Å². The van der Waals surface area contributed by atoms with E-state index in [9.17, 15) is 22.8 Å². The Morgan fingerprint density at radius 1 is 1.03 bits per heavy atom. The number of primary amides is 1. The number of nitrogens with zero attached hydrogens (tertiary/aromatic N) is 3. The van der Waals surface area contributed by atoms with E-state index in [4.69, 9.17) is 5.73 Å². The quantitative estimate of drug-likeness (QED) is 0.356. The molecule has 2 fully saturated rings. The number of hydrogen-bond donors (Lipinski definition) is 1. The molecule has 3 aromatic carbocycles. The van der Waals surface area contributed by atoms with Gasteiger partial charge in [0.1, 0.15) is 5.82 Å². The van der Waals surface area contributed by atoms with Gasteiger partial charge in [-0.2, -0.15) is 5.10 Å². The second-order valence-corrected chi connectivity index (χ2v) is 10.1. The molecule has 2 aliphatic rings. The first-order chi connectivity index (χ1) is 18.3. The first-order valence-electron chi connectivity index (χ1n) is 12.5. The van der Waals surface area contributed by atoms with Gasteiger partial charge in [-0.05, 0) is 60.9 Å². The van der Waals surface area contributed by atoms with Crippen molar-refractivity contribution in [1.82, 2.24) is 9.78 Å². The van der Waals surface area contributed by atoms with Crippen molar-refractivity contribution in [3.05, 3.63) is 90.4 Å². The van der Waals surface area contributed by atoms with Crippen LogP contribution in [0.3, 0.4) is 0 Å². The Morgan fingerprint density at radius 2 is 1.71 bits per heavy atom. The van der Waals surface area contributed by atoms with Crippen molar-refractivity contribution in [1.29, 1.82) is 0 Å². The summed E-state index contributed by atoms with van der Waals surface area (Å²) in [6.45, 7) is 0. The van der Waals surface area contributed by atoms with E-state index >= 15 is 0 Å². The maximum absolute atomic E-state index is 13.9. The third kappa shape index (κ3) is 3.84. The number of carbonyl (C=O) groups is 2. The Hall–Kier alpha value is -4.14. The summed E-state index contributed by atoms with van der Waals surface area (Å²) in [5, 5.41) is 5.15. The van der Waals surface area contributed by atoms with E-state index < -0.39 is 48.0 Å². The average Bonchev–Trinajstić information content (AvgIpc) is 3.53. The molecular weight excluding hydrogens is 493 g/mol. The molecule has 0 unspecified atom stereocenters. The summed E-state index contributed by atoms with van der Waals surface area (Å²) < 4.78 is 42.6. The molecule has 9 heteroatoms. The predicted octanol–water partition coefficient (Wildman–Crippen LogP) is 5.41. The third-order valence-corrected chi connectivity index (χ3v) is 8.00. The molecule has 1 saturated carbocycles. The molecular formula is C29H25F3N4O2. The number of rotatable bonds is 7. The number of carbonyl (C=O) groups excluding carboxylic acids is 2. The zero-order valence-corrected chi connectivity index (χ0v) is 20.3. The Kier molecular flexibility index (Phi) is 5.74. The zero-order chi connectivity index (χ0) is 26.6. The minimum absolute atomic E-state index is 0.357. The van der Waals surface area contributed by atoms with Crippen LogP contribution in [0.15, 0.2) is 79.0 Å². The van der Waals surface area contributed by atoms with E-state index in [1.165, 1.54) is 12.1 Å². The van der Waals surface area contributed by atoms with Crippen molar-refractivity contribution in [3.63, 3.8) is 0 Å². The molecule has 0 spiro atoms. The van der Waals surface area contributed by atoms with Gasteiger partial charge in [-0.1, -0.05) is 30.3 Å². The number of amides is 2. The Bertz CT molecular complexity index is 1520. The van der Waals surface area contributed by atoms with Crippen molar-refractivity contribution in [3.8, 4) is 5.69 Å². The molecule has 194 valence electrons. The molecule has 0 radical (unpaired) electrons. The van der Waals surface area contributed by atoms with E-state index in [-0.39, 0.29) is 5.82 Å².